The van der Waals surface area contributed by atoms with Crippen molar-refractivity contribution in [1.82, 2.24) is 15.4 Å². The number of nitrogens with zero attached hydrogens (tertiary/aromatic N) is 2. The van der Waals surface area contributed by atoms with Gasteiger partial charge in [-0.15, -0.1) is 0 Å². The monoisotopic (exact) mass is 614 g/mol. The summed E-state index contributed by atoms with van der Waals surface area (Å²) in [5.41, 5.74) is 1.05. The Labute approximate surface area is 232 Å². The first-order chi connectivity index (χ1) is 18.1. The number of anilines is 1. The van der Waals surface area contributed by atoms with Gasteiger partial charge in [0.25, 0.3) is 5.91 Å². The molecule has 0 saturated carbocycles. The summed E-state index contributed by atoms with van der Waals surface area (Å²) < 4.78 is 97.6. The Kier molecular flexibility index (Phi) is 9.35. The number of rotatable bonds is 7. The van der Waals surface area contributed by atoms with Gasteiger partial charge in [0.1, 0.15) is 11.7 Å². The summed E-state index contributed by atoms with van der Waals surface area (Å²) in [4.78, 5) is 20.2. The van der Waals surface area contributed by atoms with E-state index in [1.54, 1.807) is 0 Å². The summed E-state index contributed by atoms with van der Waals surface area (Å²) in [6.07, 6.45) is -6.66. The zero-order valence-corrected chi connectivity index (χ0v) is 21.8. The Hall–Kier alpha value is -3.09. The number of nitrogens with one attached hydrogen (secondary N) is 2. The summed E-state index contributed by atoms with van der Waals surface area (Å²) in [6, 6.07) is 3.22. The van der Waals surface area contributed by atoms with Gasteiger partial charge in [-0.25, -0.2) is 14.4 Å². The second-order valence-electron chi connectivity index (χ2n) is 7.94. The lowest BCUT2D eigenvalue weighted by molar-refractivity contribution is -0.140. The Morgan fingerprint density at radius 2 is 1.59 bits per heavy atom. The highest BCUT2D eigenvalue weighted by atomic mass is 35.5. The fraction of sp³-hybridized carbons (Fsp3) is 0.208. The molecule has 0 spiro atoms. The maximum atomic E-state index is 15.0. The van der Waals surface area contributed by atoms with Crippen molar-refractivity contribution in [2.45, 2.75) is 31.6 Å². The molecule has 3 aromatic rings. The second-order valence-corrected chi connectivity index (χ2v) is 9.13. The largest absolute Gasteiger partial charge is 0.417 e. The van der Waals surface area contributed by atoms with Crippen LogP contribution < -0.4 is 10.9 Å². The van der Waals surface area contributed by atoms with E-state index in [0.717, 1.165) is 23.8 Å². The van der Waals surface area contributed by atoms with Crippen LogP contribution in [-0.2, 0) is 12.6 Å². The molecule has 208 valence electrons. The number of aryl methyl sites for hydroxylation is 1. The molecule has 3 rings (SSSR count). The molecule has 2 aromatic carbocycles. The molecule has 1 amide bonds. The molecule has 0 bridgehead atoms. The van der Waals surface area contributed by atoms with E-state index in [1.807, 2.05) is 12.3 Å². The highest BCUT2D eigenvalue weighted by Gasteiger charge is 2.41. The lowest BCUT2D eigenvalue weighted by Crippen LogP contribution is -2.32. The molecule has 0 fully saturated rings. The van der Waals surface area contributed by atoms with Crippen LogP contribution in [0.3, 0.4) is 0 Å². The fourth-order valence-electron chi connectivity index (χ4n) is 3.28. The number of hydrogen-bond donors (Lipinski definition) is 2. The number of benzene rings is 2. The molecule has 0 aliphatic rings. The summed E-state index contributed by atoms with van der Waals surface area (Å²) >= 11 is 17.3. The molecule has 1 unspecified atom stereocenters. The van der Waals surface area contributed by atoms with Gasteiger partial charge in [0, 0.05) is 18.0 Å². The van der Waals surface area contributed by atoms with Crippen molar-refractivity contribution in [3.8, 4) is 0 Å². The third-order valence-corrected chi connectivity index (χ3v) is 6.47. The molecule has 5 nitrogen and oxygen atoms in total. The molecule has 0 saturated heterocycles. The van der Waals surface area contributed by atoms with E-state index < -0.39 is 52.3 Å². The lowest BCUT2D eigenvalue weighted by atomic mass is 9.95. The van der Waals surface area contributed by atoms with Crippen molar-refractivity contribution in [2.75, 3.05) is 5.43 Å². The van der Waals surface area contributed by atoms with Crippen LogP contribution in [0.2, 0.25) is 15.1 Å². The zero-order chi connectivity index (χ0) is 29.1. The number of hydrazine groups is 1. The van der Waals surface area contributed by atoms with Crippen LogP contribution >= 0.6 is 34.8 Å². The summed E-state index contributed by atoms with van der Waals surface area (Å²) in [5.74, 6) is -5.66. The van der Waals surface area contributed by atoms with E-state index in [2.05, 4.69) is 15.4 Å². The molecular formula is C24H16Cl3F7N4O. The Bertz CT molecular complexity index is 1370. The third kappa shape index (κ3) is 7.52. The standard InChI is InChI=1S/C24H16Cl3F7N4O/c1-2-11-9-35-22(36-10-11)38-37-21(39)14-4-3-12(5-16(14)24(32,33)34)19(28)8-15(23(29,30)31)13-6-17(25)20(27)18(26)7-13/h3-10,15H,2H2,1H3,(H,37,39)(H,35,36,38)/b19-8-. The second kappa shape index (κ2) is 12.0. The number of amides is 1. The highest BCUT2D eigenvalue weighted by Crippen LogP contribution is 2.42. The maximum absolute atomic E-state index is 15.0. The molecule has 1 heterocycles. The van der Waals surface area contributed by atoms with Crippen LogP contribution in [0.1, 0.15) is 45.5 Å². The van der Waals surface area contributed by atoms with Crippen LogP contribution in [0.4, 0.5) is 36.7 Å². The average Bonchev–Trinajstić information content (AvgIpc) is 2.87. The van der Waals surface area contributed by atoms with Gasteiger partial charge in [0.2, 0.25) is 5.95 Å². The minimum atomic E-state index is -5.16. The van der Waals surface area contributed by atoms with Crippen molar-refractivity contribution in [3.05, 3.63) is 91.7 Å². The predicted octanol–water partition coefficient (Wildman–Crippen LogP) is 8.43. The van der Waals surface area contributed by atoms with Crippen LogP contribution in [0.5, 0.6) is 0 Å². The molecule has 1 atom stereocenters. The van der Waals surface area contributed by atoms with Gasteiger partial charge in [-0.1, -0.05) is 47.8 Å². The van der Waals surface area contributed by atoms with E-state index in [1.165, 1.54) is 12.4 Å². The Morgan fingerprint density at radius 3 is 2.10 bits per heavy atom. The van der Waals surface area contributed by atoms with Gasteiger partial charge in [0.15, 0.2) is 0 Å². The summed E-state index contributed by atoms with van der Waals surface area (Å²) in [7, 11) is 0. The Balaban J connectivity index is 1.95. The van der Waals surface area contributed by atoms with Crippen molar-refractivity contribution in [3.63, 3.8) is 0 Å². The molecule has 1 aromatic heterocycles. The van der Waals surface area contributed by atoms with Gasteiger partial charge in [-0.3, -0.25) is 15.6 Å². The SMILES string of the molecule is CCc1cnc(NNC(=O)c2ccc(/C(F)=C/C(c3cc(Cl)c(Cl)c(Cl)c3)C(F)(F)F)cc2C(F)(F)F)nc1. The number of halogens is 10. The number of aromatic nitrogens is 2. The minimum absolute atomic E-state index is 0.0734. The highest BCUT2D eigenvalue weighted by molar-refractivity contribution is 6.48. The van der Waals surface area contributed by atoms with Crippen molar-refractivity contribution in [1.29, 1.82) is 0 Å². The molecule has 0 aliphatic carbocycles. The normalized spacial score (nSPS) is 13.3. The maximum Gasteiger partial charge on any atom is 0.417 e. The molecular weight excluding hydrogens is 600 g/mol. The smallest absolute Gasteiger partial charge is 0.267 e. The quantitative estimate of drug-likeness (QED) is 0.159. The number of hydrogen-bond acceptors (Lipinski definition) is 4. The third-order valence-electron chi connectivity index (χ3n) is 5.28. The van der Waals surface area contributed by atoms with E-state index in [-0.39, 0.29) is 33.2 Å². The molecule has 0 aliphatic heterocycles. The molecule has 0 radical (unpaired) electrons. The topological polar surface area (TPSA) is 66.9 Å². The molecule has 39 heavy (non-hydrogen) atoms. The van der Waals surface area contributed by atoms with Crippen molar-refractivity contribution >= 4 is 52.5 Å². The van der Waals surface area contributed by atoms with Crippen LogP contribution in [0.15, 0.2) is 48.8 Å². The average molecular weight is 616 g/mol. The first kappa shape index (κ1) is 30.5. The molecule has 2 N–H and O–H groups in total. The summed E-state index contributed by atoms with van der Waals surface area (Å²) in [5, 5.41) is -0.898. The lowest BCUT2D eigenvalue weighted by Gasteiger charge is -2.19. The first-order valence-electron chi connectivity index (χ1n) is 10.8. The number of carbonyl (C=O) groups is 1. The number of carbonyl (C=O) groups excluding carboxylic acids is 1. The number of alkyl halides is 6. The summed E-state index contributed by atoms with van der Waals surface area (Å²) in [6.45, 7) is 1.85. The number of allylic oxidation sites excluding steroid dienone is 1. The van der Waals surface area contributed by atoms with E-state index >= 15 is 0 Å². The van der Waals surface area contributed by atoms with Gasteiger partial charge in [0.05, 0.1) is 26.2 Å². The van der Waals surface area contributed by atoms with E-state index in [9.17, 15) is 35.5 Å². The van der Waals surface area contributed by atoms with Crippen LogP contribution in [0, 0.1) is 0 Å². The van der Waals surface area contributed by atoms with Crippen LogP contribution in [-0.4, -0.2) is 22.1 Å². The zero-order valence-electron chi connectivity index (χ0n) is 19.5. The van der Waals surface area contributed by atoms with Crippen LogP contribution in [0.25, 0.3) is 5.83 Å². The fourth-order valence-corrected chi connectivity index (χ4v) is 3.90. The van der Waals surface area contributed by atoms with Crippen molar-refractivity contribution in [2.24, 2.45) is 0 Å². The van der Waals surface area contributed by atoms with Crippen molar-refractivity contribution < 1.29 is 35.5 Å². The van der Waals surface area contributed by atoms with Gasteiger partial charge >= 0.3 is 12.4 Å². The van der Waals surface area contributed by atoms with E-state index in [0.29, 0.717) is 12.5 Å². The predicted molar refractivity (Wildman–Crippen MR) is 133 cm³/mol. The minimum Gasteiger partial charge on any atom is -0.267 e. The van der Waals surface area contributed by atoms with Gasteiger partial charge in [-0.05, 0) is 47.9 Å². The van der Waals surface area contributed by atoms with E-state index in [4.69, 9.17) is 34.8 Å². The van der Waals surface area contributed by atoms with Gasteiger partial charge in [-0.2, -0.15) is 26.3 Å². The van der Waals surface area contributed by atoms with Gasteiger partial charge < -0.3 is 0 Å². The Morgan fingerprint density at radius 1 is 1.00 bits per heavy atom. The first-order valence-corrected chi connectivity index (χ1v) is 11.9. The molecule has 15 heteroatoms.